The quantitative estimate of drug-likeness (QED) is 0.346. The van der Waals surface area contributed by atoms with Crippen molar-refractivity contribution in [3.8, 4) is 17.2 Å². The van der Waals surface area contributed by atoms with Crippen molar-refractivity contribution >= 4 is 22.7 Å². The standard InChI is InChI=1S/C27H28N6O6/c1-37-19-7-4-17(5-8-19)21-13-22(18-6-9-23(38-2)24(12-18)39-3)33(30-21)25(35)15-31-16-28-26-20(27(31)36)14-29-32(26)10-11-34/h4-9,12,14,16,22,34H,10-11,13,15H2,1-3H3. The number of methoxy groups -OCH3 is 3. The number of carbonyl (C=O) groups excluding carboxylic acids is 1. The molecule has 1 aliphatic heterocycles. The van der Waals surface area contributed by atoms with Crippen molar-refractivity contribution < 1.29 is 24.1 Å². The van der Waals surface area contributed by atoms with E-state index < -0.39 is 11.6 Å². The van der Waals surface area contributed by atoms with Crippen LogP contribution in [0, 0.1) is 0 Å². The highest BCUT2D eigenvalue weighted by Gasteiger charge is 2.34. The van der Waals surface area contributed by atoms with Crippen molar-refractivity contribution in [3.63, 3.8) is 0 Å². The zero-order valence-electron chi connectivity index (χ0n) is 21.8. The number of fused-ring (bicyclic) bond motifs is 1. The van der Waals surface area contributed by atoms with Gasteiger partial charge in [-0.15, -0.1) is 0 Å². The van der Waals surface area contributed by atoms with Gasteiger partial charge in [-0.05, 0) is 47.5 Å². The van der Waals surface area contributed by atoms with Crippen LogP contribution >= 0.6 is 0 Å². The normalized spacial score (nSPS) is 14.9. The number of rotatable bonds is 9. The Morgan fingerprint density at radius 2 is 1.82 bits per heavy atom. The number of aliphatic hydroxyl groups is 1. The minimum Gasteiger partial charge on any atom is -0.497 e. The maximum Gasteiger partial charge on any atom is 0.264 e. The van der Waals surface area contributed by atoms with Crippen LogP contribution in [0.25, 0.3) is 11.0 Å². The van der Waals surface area contributed by atoms with E-state index in [4.69, 9.17) is 19.3 Å². The second-order valence-corrected chi connectivity index (χ2v) is 8.85. The van der Waals surface area contributed by atoms with Gasteiger partial charge in [0.1, 0.15) is 24.0 Å². The first-order valence-electron chi connectivity index (χ1n) is 12.2. The van der Waals surface area contributed by atoms with Gasteiger partial charge in [0.25, 0.3) is 11.5 Å². The van der Waals surface area contributed by atoms with E-state index in [2.05, 4.69) is 10.1 Å². The molecule has 1 aliphatic rings. The zero-order valence-corrected chi connectivity index (χ0v) is 21.8. The van der Waals surface area contributed by atoms with E-state index in [1.165, 1.54) is 26.8 Å². The Morgan fingerprint density at radius 1 is 1.05 bits per heavy atom. The molecular weight excluding hydrogens is 504 g/mol. The molecule has 5 rings (SSSR count). The molecule has 12 nitrogen and oxygen atoms in total. The monoisotopic (exact) mass is 532 g/mol. The lowest BCUT2D eigenvalue weighted by atomic mass is 9.98. The van der Waals surface area contributed by atoms with E-state index in [1.54, 1.807) is 27.4 Å². The maximum atomic E-state index is 13.7. The summed E-state index contributed by atoms with van der Waals surface area (Å²) in [7, 11) is 4.71. The molecule has 0 aliphatic carbocycles. The van der Waals surface area contributed by atoms with Crippen LogP contribution in [-0.2, 0) is 17.9 Å². The fourth-order valence-electron chi connectivity index (χ4n) is 4.60. The summed E-state index contributed by atoms with van der Waals surface area (Å²) in [6.07, 6.45) is 3.16. The number of amides is 1. The van der Waals surface area contributed by atoms with Crippen molar-refractivity contribution in [3.05, 3.63) is 76.5 Å². The highest BCUT2D eigenvalue weighted by molar-refractivity contribution is 6.03. The van der Waals surface area contributed by atoms with Gasteiger partial charge in [-0.1, -0.05) is 6.07 Å². The minimum atomic E-state index is -0.436. The van der Waals surface area contributed by atoms with E-state index in [0.717, 1.165) is 16.8 Å². The van der Waals surface area contributed by atoms with E-state index in [1.807, 2.05) is 36.4 Å². The molecule has 1 N–H and O–H groups in total. The minimum absolute atomic E-state index is 0.138. The lowest BCUT2D eigenvalue weighted by Gasteiger charge is -2.23. The molecule has 202 valence electrons. The molecule has 0 radical (unpaired) electrons. The van der Waals surface area contributed by atoms with Crippen LogP contribution in [-0.4, -0.2) is 69.0 Å². The van der Waals surface area contributed by atoms with Gasteiger partial charge in [-0.25, -0.2) is 14.7 Å². The Labute approximate surface area is 223 Å². The third kappa shape index (κ3) is 4.93. The first kappa shape index (κ1) is 25.9. The molecule has 1 amide bonds. The van der Waals surface area contributed by atoms with E-state index in [-0.39, 0.29) is 31.0 Å². The van der Waals surface area contributed by atoms with Crippen molar-refractivity contribution in [2.24, 2.45) is 5.10 Å². The van der Waals surface area contributed by atoms with Crippen LogP contribution in [0.3, 0.4) is 0 Å². The predicted octanol–water partition coefficient (Wildman–Crippen LogP) is 1.99. The van der Waals surface area contributed by atoms with E-state index in [0.29, 0.717) is 29.3 Å². The summed E-state index contributed by atoms with van der Waals surface area (Å²) in [4.78, 5) is 31.1. The van der Waals surface area contributed by atoms with Crippen LogP contribution in [0.5, 0.6) is 17.2 Å². The fourth-order valence-corrected chi connectivity index (χ4v) is 4.60. The molecule has 2 aromatic carbocycles. The van der Waals surface area contributed by atoms with Gasteiger partial charge >= 0.3 is 0 Å². The predicted molar refractivity (Wildman–Crippen MR) is 142 cm³/mol. The average molecular weight is 533 g/mol. The first-order valence-corrected chi connectivity index (χ1v) is 12.2. The van der Waals surface area contributed by atoms with Crippen LogP contribution in [0.2, 0.25) is 0 Å². The molecule has 0 saturated carbocycles. The smallest absolute Gasteiger partial charge is 0.264 e. The van der Waals surface area contributed by atoms with Gasteiger partial charge in [-0.3, -0.25) is 14.2 Å². The van der Waals surface area contributed by atoms with Crippen LogP contribution < -0.4 is 19.8 Å². The van der Waals surface area contributed by atoms with Gasteiger partial charge in [0.05, 0.1) is 52.4 Å². The van der Waals surface area contributed by atoms with Gasteiger partial charge in [0, 0.05) is 6.42 Å². The molecule has 0 bridgehead atoms. The second-order valence-electron chi connectivity index (χ2n) is 8.85. The summed E-state index contributed by atoms with van der Waals surface area (Å²) in [6, 6.07) is 12.5. The van der Waals surface area contributed by atoms with E-state index >= 15 is 0 Å². The first-order chi connectivity index (χ1) is 19.0. The summed E-state index contributed by atoms with van der Waals surface area (Å²) in [5, 5.41) is 19.7. The van der Waals surface area contributed by atoms with Gasteiger partial charge in [-0.2, -0.15) is 10.2 Å². The number of aromatic nitrogens is 4. The van der Waals surface area contributed by atoms with Crippen molar-refractivity contribution in [1.82, 2.24) is 24.3 Å². The van der Waals surface area contributed by atoms with Gasteiger partial charge in [0.15, 0.2) is 17.1 Å². The molecule has 1 unspecified atom stereocenters. The summed E-state index contributed by atoms with van der Waals surface area (Å²) >= 11 is 0. The average Bonchev–Trinajstić information content (AvgIpc) is 3.60. The largest absolute Gasteiger partial charge is 0.497 e. The molecule has 4 aromatic rings. The number of carbonyl (C=O) groups is 1. The summed E-state index contributed by atoms with van der Waals surface area (Å²) < 4.78 is 18.8. The Kier molecular flexibility index (Phi) is 7.28. The number of hydrazone groups is 1. The molecule has 0 spiro atoms. The zero-order chi connectivity index (χ0) is 27.5. The summed E-state index contributed by atoms with van der Waals surface area (Å²) in [5.74, 6) is 1.43. The van der Waals surface area contributed by atoms with Crippen LogP contribution in [0.15, 0.2) is 64.9 Å². The molecule has 0 fully saturated rings. The fraction of sp³-hybridized carbons (Fsp3) is 0.296. The van der Waals surface area contributed by atoms with Gasteiger partial charge in [0.2, 0.25) is 0 Å². The Hall–Kier alpha value is -4.71. The molecule has 2 aromatic heterocycles. The number of nitrogens with zero attached hydrogens (tertiary/aromatic N) is 6. The summed E-state index contributed by atoms with van der Waals surface area (Å²) in [5.41, 5.74) is 2.32. The molecule has 3 heterocycles. The Balaban J connectivity index is 1.49. The number of aliphatic hydroxyl groups excluding tert-OH is 1. The maximum absolute atomic E-state index is 13.7. The Bertz CT molecular complexity index is 1590. The van der Waals surface area contributed by atoms with Gasteiger partial charge < -0.3 is 19.3 Å². The summed E-state index contributed by atoms with van der Waals surface area (Å²) in [6.45, 7) is -0.195. The third-order valence-corrected chi connectivity index (χ3v) is 6.62. The second kappa shape index (κ2) is 11.0. The molecule has 1 atom stereocenters. The lowest BCUT2D eigenvalue weighted by molar-refractivity contribution is -0.133. The van der Waals surface area contributed by atoms with Crippen LogP contribution in [0.4, 0.5) is 0 Å². The molecule has 0 saturated heterocycles. The van der Waals surface area contributed by atoms with E-state index in [9.17, 15) is 14.7 Å². The Morgan fingerprint density at radius 3 is 2.51 bits per heavy atom. The molecule has 12 heteroatoms. The number of ether oxygens (including phenoxy) is 3. The number of hydrogen-bond donors (Lipinski definition) is 1. The molecular formula is C27H28N6O6. The van der Waals surface area contributed by atoms with Crippen molar-refractivity contribution in [1.29, 1.82) is 0 Å². The number of benzene rings is 2. The topological polar surface area (TPSA) is 133 Å². The SMILES string of the molecule is COc1ccc(C2=NN(C(=O)Cn3cnc4c(cnn4CCO)c3=O)C(c3ccc(OC)c(OC)c3)C2)cc1. The van der Waals surface area contributed by atoms with Crippen molar-refractivity contribution in [2.75, 3.05) is 27.9 Å². The lowest BCUT2D eigenvalue weighted by Crippen LogP contribution is -2.34. The number of hydrogen-bond acceptors (Lipinski definition) is 9. The molecule has 39 heavy (non-hydrogen) atoms. The van der Waals surface area contributed by atoms with Crippen LogP contribution in [0.1, 0.15) is 23.6 Å². The van der Waals surface area contributed by atoms with Crippen molar-refractivity contribution in [2.45, 2.75) is 25.6 Å². The highest BCUT2D eigenvalue weighted by Crippen LogP contribution is 2.37. The highest BCUT2D eigenvalue weighted by atomic mass is 16.5. The third-order valence-electron chi connectivity index (χ3n) is 6.62.